The Balaban J connectivity index is 1.56. The van der Waals surface area contributed by atoms with E-state index in [-0.39, 0.29) is 12.7 Å². The van der Waals surface area contributed by atoms with Crippen molar-refractivity contribution in [3.8, 4) is 23.0 Å². The van der Waals surface area contributed by atoms with Crippen LogP contribution >= 0.6 is 0 Å². The van der Waals surface area contributed by atoms with Crippen molar-refractivity contribution >= 4 is 22.5 Å². The van der Waals surface area contributed by atoms with E-state index in [1.54, 1.807) is 24.3 Å². The van der Waals surface area contributed by atoms with E-state index in [1.165, 1.54) is 0 Å². The molecular weight excluding hydrogens is 356 g/mol. The molecule has 1 aliphatic rings. The quantitative estimate of drug-likeness (QED) is 0.560. The van der Waals surface area contributed by atoms with Crippen LogP contribution in [0.15, 0.2) is 65.1 Å². The van der Waals surface area contributed by atoms with E-state index in [4.69, 9.17) is 13.9 Å². The lowest BCUT2D eigenvalue weighted by Gasteiger charge is -2.10. The Kier molecular flexibility index (Phi) is 3.76. The first kappa shape index (κ1) is 16.4. The van der Waals surface area contributed by atoms with Gasteiger partial charge in [0.05, 0.1) is 11.1 Å². The summed E-state index contributed by atoms with van der Waals surface area (Å²) in [5.41, 5.74) is 2.49. The van der Waals surface area contributed by atoms with Crippen LogP contribution in [0.2, 0.25) is 0 Å². The van der Waals surface area contributed by atoms with Crippen molar-refractivity contribution in [3.05, 3.63) is 72.0 Å². The summed E-state index contributed by atoms with van der Waals surface area (Å²) in [6.45, 7) is 2.06. The smallest absolute Gasteiger partial charge is 0.256 e. The first-order valence-corrected chi connectivity index (χ1v) is 8.85. The Morgan fingerprint density at radius 3 is 2.71 bits per heavy atom. The molecule has 3 heterocycles. The summed E-state index contributed by atoms with van der Waals surface area (Å²) in [5.74, 6) is 2.46. The Morgan fingerprint density at radius 2 is 1.86 bits per heavy atom. The molecule has 1 N–H and O–H groups in total. The third-order valence-corrected chi connectivity index (χ3v) is 4.58. The molecule has 0 fully saturated rings. The summed E-state index contributed by atoms with van der Waals surface area (Å²) in [7, 11) is 0. The zero-order valence-corrected chi connectivity index (χ0v) is 15.1. The molecule has 0 spiro atoms. The van der Waals surface area contributed by atoms with Crippen LogP contribution in [-0.4, -0.2) is 17.7 Å². The number of aromatic nitrogens is 1. The molecule has 0 saturated carbocycles. The number of aryl methyl sites for hydroxylation is 1. The van der Waals surface area contributed by atoms with Crippen LogP contribution in [0.1, 0.15) is 16.1 Å². The van der Waals surface area contributed by atoms with Gasteiger partial charge in [0.2, 0.25) is 6.79 Å². The molecule has 1 aliphatic heterocycles. The van der Waals surface area contributed by atoms with E-state index in [0.717, 1.165) is 16.7 Å². The van der Waals surface area contributed by atoms with E-state index in [1.807, 2.05) is 43.3 Å². The van der Waals surface area contributed by atoms with Crippen molar-refractivity contribution in [2.75, 3.05) is 12.1 Å². The number of amides is 1. The van der Waals surface area contributed by atoms with Gasteiger partial charge in [-0.2, -0.15) is 0 Å². The maximum absolute atomic E-state index is 13.1. The Labute approximate surface area is 160 Å². The molecule has 0 unspecified atom stereocenters. The zero-order valence-electron chi connectivity index (χ0n) is 15.1. The fourth-order valence-electron chi connectivity index (χ4n) is 3.23. The van der Waals surface area contributed by atoms with Crippen LogP contribution < -0.4 is 14.8 Å². The molecular formula is C22H16N2O4. The van der Waals surface area contributed by atoms with Gasteiger partial charge in [-0.3, -0.25) is 4.79 Å². The van der Waals surface area contributed by atoms with Gasteiger partial charge in [0.25, 0.3) is 5.91 Å². The van der Waals surface area contributed by atoms with Crippen molar-refractivity contribution in [2.24, 2.45) is 0 Å². The lowest BCUT2D eigenvalue weighted by atomic mass is 10.1. The standard InChI is InChI=1S/C22H16N2O4/c1-13-6-8-19(28-13)18-11-16(15-4-2-3-5-17(15)24-18)22(25)23-14-7-9-20-21(10-14)27-12-26-20/h2-11H,12H2,1H3,(H,23,25). The second-order valence-corrected chi connectivity index (χ2v) is 6.50. The van der Waals surface area contributed by atoms with E-state index in [2.05, 4.69) is 10.3 Å². The number of benzene rings is 2. The number of carbonyl (C=O) groups excluding carboxylic acids is 1. The highest BCUT2D eigenvalue weighted by Gasteiger charge is 2.18. The first-order chi connectivity index (χ1) is 13.7. The number of rotatable bonds is 3. The molecule has 6 nitrogen and oxygen atoms in total. The molecule has 28 heavy (non-hydrogen) atoms. The van der Waals surface area contributed by atoms with Gasteiger partial charge in [0.1, 0.15) is 11.5 Å². The summed E-state index contributed by atoms with van der Waals surface area (Å²) >= 11 is 0. The predicted molar refractivity (Wildman–Crippen MR) is 105 cm³/mol. The zero-order chi connectivity index (χ0) is 19.1. The highest BCUT2D eigenvalue weighted by atomic mass is 16.7. The van der Waals surface area contributed by atoms with Crippen molar-refractivity contribution in [1.82, 2.24) is 4.98 Å². The number of carbonyl (C=O) groups is 1. The van der Waals surface area contributed by atoms with Gasteiger partial charge in [0.15, 0.2) is 17.3 Å². The Bertz CT molecular complexity index is 1210. The molecule has 5 rings (SSSR count). The average Bonchev–Trinajstić information content (AvgIpc) is 3.35. The van der Waals surface area contributed by atoms with Gasteiger partial charge in [0, 0.05) is 17.1 Å². The van der Waals surface area contributed by atoms with Crippen molar-refractivity contribution in [1.29, 1.82) is 0 Å². The highest BCUT2D eigenvalue weighted by Crippen LogP contribution is 2.34. The van der Waals surface area contributed by atoms with Gasteiger partial charge in [-0.15, -0.1) is 0 Å². The van der Waals surface area contributed by atoms with Gasteiger partial charge in [-0.05, 0) is 43.3 Å². The minimum Gasteiger partial charge on any atom is -0.460 e. The lowest BCUT2D eigenvalue weighted by Crippen LogP contribution is -2.13. The third-order valence-electron chi connectivity index (χ3n) is 4.58. The number of ether oxygens (including phenoxy) is 2. The number of nitrogens with zero attached hydrogens (tertiary/aromatic N) is 1. The van der Waals surface area contributed by atoms with Crippen LogP contribution in [0, 0.1) is 6.92 Å². The van der Waals surface area contributed by atoms with Gasteiger partial charge in [-0.25, -0.2) is 4.98 Å². The summed E-state index contributed by atoms with van der Waals surface area (Å²) < 4.78 is 16.4. The second-order valence-electron chi connectivity index (χ2n) is 6.50. The molecule has 0 saturated heterocycles. The fraction of sp³-hybridized carbons (Fsp3) is 0.0909. The Morgan fingerprint density at radius 1 is 1.00 bits per heavy atom. The number of para-hydroxylation sites is 1. The van der Waals surface area contributed by atoms with Crippen molar-refractivity contribution < 1.29 is 18.7 Å². The number of fused-ring (bicyclic) bond motifs is 2. The molecule has 4 aromatic rings. The minimum atomic E-state index is -0.234. The number of hydrogen-bond acceptors (Lipinski definition) is 5. The highest BCUT2D eigenvalue weighted by molar-refractivity contribution is 6.13. The Hall–Kier alpha value is -3.80. The molecule has 138 valence electrons. The summed E-state index contributed by atoms with van der Waals surface area (Å²) in [6.07, 6.45) is 0. The van der Waals surface area contributed by atoms with Gasteiger partial charge >= 0.3 is 0 Å². The average molecular weight is 372 g/mol. The fourth-order valence-corrected chi connectivity index (χ4v) is 3.23. The summed E-state index contributed by atoms with van der Waals surface area (Å²) in [5, 5.41) is 3.70. The molecule has 2 aromatic heterocycles. The molecule has 0 aliphatic carbocycles. The third kappa shape index (κ3) is 2.85. The second kappa shape index (κ2) is 6.42. The molecule has 0 radical (unpaired) electrons. The van der Waals surface area contributed by atoms with E-state index >= 15 is 0 Å². The van der Waals surface area contributed by atoms with Crippen LogP contribution in [0.25, 0.3) is 22.4 Å². The van der Waals surface area contributed by atoms with Gasteiger partial charge in [-0.1, -0.05) is 18.2 Å². The van der Waals surface area contributed by atoms with E-state index in [0.29, 0.717) is 34.2 Å². The molecule has 1 amide bonds. The molecule has 0 bridgehead atoms. The topological polar surface area (TPSA) is 73.6 Å². The SMILES string of the molecule is Cc1ccc(-c2cc(C(=O)Nc3ccc4c(c3)OCO4)c3ccccc3n2)o1. The number of anilines is 1. The number of furan rings is 1. The number of hydrogen-bond donors (Lipinski definition) is 1. The largest absolute Gasteiger partial charge is 0.460 e. The molecule has 2 aromatic carbocycles. The number of nitrogens with one attached hydrogen (secondary N) is 1. The maximum Gasteiger partial charge on any atom is 0.256 e. The normalized spacial score (nSPS) is 12.3. The van der Waals surface area contributed by atoms with E-state index < -0.39 is 0 Å². The van der Waals surface area contributed by atoms with Crippen molar-refractivity contribution in [3.63, 3.8) is 0 Å². The minimum absolute atomic E-state index is 0.188. The summed E-state index contributed by atoms with van der Waals surface area (Å²) in [6, 6.07) is 18.3. The summed E-state index contributed by atoms with van der Waals surface area (Å²) in [4.78, 5) is 17.7. The molecule has 0 atom stereocenters. The lowest BCUT2D eigenvalue weighted by molar-refractivity contribution is 0.102. The first-order valence-electron chi connectivity index (χ1n) is 8.85. The number of pyridine rings is 1. The molecule has 6 heteroatoms. The van der Waals surface area contributed by atoms with Crippen molar-refractivity contribution in [2.45, 2.75) is 6.92 Å². The van der Waals surface area contributed by atoms with Crippen LogP contribution in [0.4, 0.5) is 5.69 Å². The van der Waals surface area contributed by atoms with Crippen LogP contribution in [-0.2, 0) is 0 Å². The van der Waals surface area contributed by atoms with Gasteiger partial charge < -0.3 is 19.2 Å². The monoisotopic (exact) mass is 372 g/mol. The van der Waals surface area contributed by atoms with E-state index in [9.17, 15) is 4.79 Å². The predicted octanol–water partition coefficient (Wildman–Crippen LogP) is 4.78. The van der Waals surface area contributed by atoms with Crippen LogP contribution in [0.5, 0.6) is 11.5 Å². The maximum atomic E-state index is 13.1. The van der Waals surface area contributed by atoms with Crippen LogP contribution in [0.3, 0.4) is 0 Å².